The molecule has 2 fully saturated rings. The molecule has 2 saturated carbocycles. The molecule has 0 atom stereocenters. The quantitative estimate of drug-likeness (QED) is 0.782. The number of nitrogens with two attached hydrogens (primary N) is 1. The van der Waals surface area contributed by atoms with Gasteiger partial charge in [-0.25, -0.2) is 0 Å². The Morgan fingerprint density at radius 3 is 2.35 bits per heavy atom. The molecule has 2 amide bonds. The lowest BCUT2D eigenvalue weighted by Gasteiger charge is -2.36. The maximum atomic E-state index is 12.0. The minimum Gasteiger partial charge on any atom is -0.326 e. The zero-order valence-corrected chi connectivity index (χ0v) is 11.3. The van der Waals surface area contributed by atoms with Gasteiger partial charge in [0.05, 0.1) is 5.54 Å². The molecule has 1 aromatic rings. The molecule has 106 valence electrons. The van der Waals surface area contributed by atoms with E-state index in [9.17, 15) is 9.59 Å². The summed E-state index contributed by atoms with van der Waals surface area (Å²) in [4.78, 5) is 23.7. The van der Waals surface area contributed by atoms with Gasteiger partial charge in [0, 0.05) is 17.3 Å². The van der Waals surface area contributed by atoms with Gasteiger partial charge in [0.1, 0.15) is 0 Å². The molecule has 2 aliphatic rings. The molecule has 0 saturated heterocycles. The van der Waals surface area contributed by atoms with Crippen LogP contribution in [0, 0.1) is 5.92 Å². The Kier molecular flexibility index (Phi) is 3.22. The average molecular weight is 273 g/mol. The van der Waals surface area contributed by atoms with Gasteiger partial charge in [-0.2, -0.15) is 0 Å². The fourth-order valence-electron chi connectivity index (χ4n) is 2.30. The van der Waals surface area contributed by atoms with E-state index in [1.807, 2.05) is 12.1 Å². The molecule has 4 N–H and O–H groups in total. The molecule has 3 rings (SSSR count). The van der Waals surface area contributed by atoms with Crippen LogP contribution in [-0.2, 0) is 9.59 Å². The summed E-state index contributed by atoms with van der Waals surface area (Å²) in [7, 11) is 0. The molecular weight excluding hydrogens is 254 g/mol. The smallest absolute Gasteiger partial charge is 0.244 e. The molecule has 1 aromatic carbocycles. The molecule has 0 heterocycles. The zero-order chi connectivity index (χ0) is 14.2. The van der Waals surface area contributed by atoms with E-state index in [0.717, 1.165) is 32.1 Å². The monoisotopic (exact) mass is 273 g/mol. The highest BCUT2D eigenvalue weighted by molar-refractivity contribution is 5.99. The largest absolute Gasteiger partial charge is 0.326 e. The van der Waals surface area contributed by atoms with Gasteiger partial charge in [0.2, 0.25) is 11.8 Å². The predicted octanol–water partition coefficient (Wildman–Crippen LogP) is 1.85. The van der Waals surface area contributed by atoms with Gasteiger partial charge in [-0.15, -0.1) is 0 Å². The van der Waals surface area contributed by atoms with Gasteiger partial charge in [-0.3, -0.25) is 9.59 Å². The van der Waals surface area contributed by atoms with Crippen molar-refractivity contribution in [3.05, 3.63) is 24.3 Å². The topological polar surface area (TPSA) is 84.2 Å². The van der Waals surface area contributed by atoms with E-state index in [1.54, 1.807) is 12.1 Å². The molecule has 0 aromatic heterocycles. The van der Waals surface area contributed by atoms with Crippen molar-refractivity contribution in [3.8, 4) is 0 Å². The van der Waals surface area contributed by atoms with Crippen molar-refractivity contribution in [2.24, 2.45) is 11.7 Å². The van der Waals surface area contributed by atoms with Crippen LogP contribution in [0.5, 0.6) is 0 Å². The summed E-state index contributed by atoms with van der Waals surface area (Å²) >= 11 is 0. The first-order chi connectivity index (χ1) is 9.57. The fraction of sp³-hybridized carbons (Fsp3) is 0.467. The van der Waals surface area contributed by atoms with Gasteiger partial charge in [0.25, 0.3) is 0 Å². The summed E-state index contributed by atoms with van der Waals surface area (Å²) in [6.07, 6.45) is 4.41. The standard InChI is InChI=1S/C15H19N3O2/c16-15(7-2-8-15)14(20)18-12-4-1-3-11(9-12)17-13(19)10-5-6-10/h1,3-4,9-10H,2,5-8,16H2,(H,17,19)(H,18,20). The van der Waals surface area contributed by atoms with Crippen molar-refractivity contribution in [2.45, 2.75) is 37.6 Å². The molecule has 2 aliphatic carbocycles. The lowest BCUT2D eigenvalue weighted by atomic mass is 9.77. The van der Waals surface area contributed by atoms with Gasteiger partial charge in [-0.1, -0.05) is 6.07 Å². The maximum absolute atomic E-state index is 12.0. The predicted molar refractivity (Wildman–Crippen MR) is 77.2 cm³/mol. The second-order valence-corrected chi connectivity index (χ2v) is 5.81. The summed E-state index contributed by atoms with van der Waals surface area (Å²) in [5, 5.41) is 5.69. The minimum atomic E-state index is -0.715. The first kappa shape index (κ1) is 13.1. The second kappa shape index (κ2) is 4.90. The average Bonchev–Trinajstić information content (AvgIpc) is 3.20. The zero-order valence-electron chi connectivity index (χ0n) is 11.3. The molecule has 5 heteroatoms. The lowest BCUT2D eigenvalue weighted by molar-refractivity contribution is -0.123. The van der Waals surface area contributed by atoms with Gasteiger partial charge in [-0.05, 0) is 50.3 Å². The minimum absolute atomic E-state index is 0.0581. The van der Waals surface area contributed by atoms with Crippen molar-refractivity contribution in [1.82, 2.24) is 0 Å². The Balaban J connectivity index is 1.64. The van der Waals surface area contributed by atoms with E-state index in [4.69, 9.17) is 5.73 Å². The van der Waals surface area contributed by atoms with Gasteiger partial charge in [0.15, 0.2) is 0 Å². The van der Waals surface area contributed by atoms with Crippen molar-refractivity contribution in [1.29, 1.82) is 0 Å². The van der Waals surface area contributed by atoms with E-state index >= 15 is 0 Å². The number of hydrogen-bond donors (Lipinski definition) is 3. The maximum Gasteiger partial charge on any atom is 0.244 e. The first-order valence-electron chi connectivity index (χ1n) is 7.08. The van der Waals surface area contributed by atoms with Crippen LogP contribution in [-0.4, -0.2) is 17.4 Å². The van der Waals surface area contributed by atoms with Crippen LogP contribution in [0.15, 0.2) is 24.3 Å². The molecule has 0 unspecified atom stereocenters. The summed E-state index contributed by atoms with van der Waals surface area (Å²) in [5.74, 6) is 0.0766. The molecular formula is C15H19N3O2. The molecule has 0 radical (unpaired) electrons. The van der Waals surface area contributed by atoms with Crippen LogP contribution >= 0.6 is 0 Å². The number of hydrogen-bond acceptors (Lipinski definition) is 3. The van der Waals surface area contributed by atoms with Crippen LogP contribution in [0.1, 0.15) is 32.1 Å². The molecule has 5 nitrogen and oxygen atoms in total. The van der Waals surface area contributed by atoms with Crippen molar-refractivity contribution in [3.63, 3.8) is 0 Å². The number of amides is 2. The third-order valence-electron chi connectivity index (χ3n) is 4.03. The van der Waals surface area contributed by atoms with E-state index < -0.39 is 5.54 Å². The highest BCUT2D eigenvalue weighted by Crippen LogP contribution is 2.31. The van der Waals surface area contributed by atoms with Crippen molar-refractivity contribution in [2.75, 3.05) is 10.6 Å². The summed E-state index contributed by atoms with van der Waals surface area (Å²) in [5.41, 5.74) is 6.64. The Labute approximate surface area is 117 Å². The van der Waals surface area contributed by atoms with Crippen LogP contribution < -0.4 is 16.4 Å². The van der Waals surface area contributed by atoms with Crippen LogP contribution in [0.3, 0.4) is 0 Å². The fourth-order valence-corrected chi connectivity index (χ4v) is 2.30. The summed E-state index contributed by atoms with van der Waals surface area (Å²) < 4.78 is 0. The number of anilines is 2. The van der Waals surface area contributed by atoms with Crippen LogP contribution in [0.4, 0.5) is 11.4 Å². The molecule has 0 aliphatic heterocycles. The van der Waals surface area contributed by atoms with E-state index in [0.29, 0.717) is 11.4 Å². The number of nitrogens with one attached hydrogen (secondary N) is 2. The van der Waals surface area contributed by atoms with Crippen LogP contribution in [0.25, 0.3) is 0 Å². The highest BCUT2D eigenvalue weighted by Gasteiger charge is 2.40. The third kappa shape index (κ3) is 2.67. The van der Waals surface area contributed by atoms with Crippen LogP contribution in [0.2, 0.25) is 0 Å². The number of rotatable bonds is 4. The Hall–Kier alpha value is -1.88. The van der Waals surface area contributed by atoms with E-state index in [2.05, 4.69) is 10.6 Å². The van der Waals surface area contributed by atoms with Crippen molar-refractivity contribution < 1.29 is 9.59 Å². The molecule has 0 spiro atoms. The second-order valence-electron chi connectivity index (χ2n) is 5.81. The lowest BCUT2D eigenvalue weighted by Crippen LogP contribution is -2.56. The van der Waals surface area contributed by atoms with E-state index in [-0.39, 0.29) is 17.7 Å². The normalized spacial score (nSPS) is 19.9. The first-order valence-corrected chi connectivity index (χ1v) is 7.08. The molecule has 20 heavy (non-hydrogen) atoms. The Morgan fingerprint density at radius 2 is 1.80 bits per heavy atom. The van der Waals surface area contributed by atoms with Gasteiger partial charge < -0.3 is 16.4 Å². The summed E-state index contributed by atoms with van der Waals surface area (Å²) in [6, 6.07) is 7.19. The molecule has 0 bridgehead atoms. The Bertz CT molecular complexity index is 548. The van der Waals surface area contributed by atoms with E-state index in [1.165, 1.54) is 0 Å². The van der Waals surface area contributed by atoms with Crippen molar-refractivity contribution >= 4 is 23.2 Å². The Morgan fingerprint density at radius 1 is 1.15 bits per heavy atom. The number of benzene rings is 1. The number of carbonyl (C=O) groups is 2. The highest BCUT2D eigenvalue weighted by atomic mass is 16.2. The van der Waals surface area contributed by atoms with Gasteiger partial charge >= 0.3 is 0 Å². The SMILES string of the molecule is NC1(C(=O)Nc2cccc(NC(=O)C3CC3)c2)CCC1. The summed E-state index contributed by atoms with van der Waals surface area (Å²) in [6.45, 7) is 0. The number of carbonyl (C=O) groups excluding carboxylic acids is 2. The third-order valence-corrected chi connectivity index (χ3v) is 4.03.